The van der Waals surface area contributed by atoms with Crippen molar-refractivity contribution < 1.29 is 19.1 Å². The lowest BCUT2D eigenvalue weighted by Gasteiger charge is -2.18. The topological polar surface area (TPSA) is 102 Å². The Bertz CT molecular complexity index is 1050. The van der Waals surface area contributed by atoms with E-state index >= 15 is 0 Å². The molecule has 1 aromatic heterocycles. The number of thioether (sulfide) groups is 1. The van der Waals surface area contributed by atoms with E-state index in [0.29, 0.717) is 38.8 Å². The third-order valence-corrected chi connectivity index (χ3v) is 5.93. The molecule has 31 heavy (non-hydrogen) atoms. The molecule has 0 fully saturated rings. The van der Waals surface area contributed by atoms with Gasteiger partial charge in [0, 0.05) is 15.6 Å². The summed E-state index contributed by atoms with van der Waals surface area (Å²) < 4.78 is 18.0. The zero-order valence-corrected chi connectivity index (χ0v) is 18.9. The van der Waals surface area contributed by atoms with Gasteiger partial charge < -0.3 is 14.2 Å². The number of aryl methyl sites for hydroxylation is 1. The minimum atomic E-state index is -0.585. The minimum absolute atomic E-state index is 0.337. The second-order valence-electron chi connectivity index (χ2n) is 6.42. The summed E-state index contributed by atoms with van der Waals surface area (Å²) in [6, 6.07) is 10.6. The van der Waals surface area contributed by atoms with E-state index in [2.05, 4.69) is 10.2 Å². The molecule has 0 bridgehead atoms. The first-order valence-electron chi connectivity index (χ1n) is 9.14. The van der Waals surface area contributed by atoms with Crippen LogP contribution in [0.5, 0.6) is 17.2 Å². The average Bonchev–Trinajstić information content (AvgIpc) is 3.12. The molecule has 1 atom stereocenters. The summed E-state index contributed by atoms with van der Waals surface area (Å²) in [5.41, 5.74) is 1.44. The van der Waals surface area contributed by atoms with Gasteiger partial charge >= 0.3 is 0 Å². The highest BCUT2D eigenvalue weighted by atomic mass is 35.5. The number of halogens is 1. The lowest BCUT2D eigenvalue weighted by molar-refractivity contribution is -0.479. The Hall–Kier alpha value is -2.98. The van der Waals surface area contributed by atoms with Gasteiger partial charge in [0.2, 0.25) is 12.3 Å². The first kappa shape index (κ1) is 22.7. The van der Waals surface area contributed by atoms with Crippen molar-refractivity contribution >= 4 is 23.4 Å². The van der Waals surface area contributed by atoms with Crippen LogP contribution in [0.25, 0.3) is 5.69 Å². The van der Waals surface area contributed by atoms with Crippen molar-refractivity contribution in [2.75, 3.05) is 27.9 Å². The molecule has 3 rings (SSSR count). The van der Waals surface area contributed by atoms with Gasteiger partial charge in [-0.3, -0.25) is 14.7 Å². The Morgan fingerprint density at radius 1 is 1.10 bits per heavy atom. The van der Waals surface area contributed by atoms with Crippen molar-refractivity contribution in [3.63, 3.8) is 0 Å². The first-order valence-corrected chi connectivity index (χ1v) is 10.4. The number of aromatic nitrogens is 3. The van der Waals surface area contributed by atoms with Crippen molar-refractivity contribution in [2.24, 2.45) is 0 Å². The summed E-state index contributed by atoms with van der Waals surface area (Å²) in [7, 11) is 4.50. The molecule has 9 nitrogen and oxygen atoms in total. The Morgan fingerprint density at radius 2 is 1.71 bits per heavy atom. The third kappa shape index (κ3) is 5.02. The summed E-state index contributed by atoms with van der Waals surface area (Å²) in [4.78, 5) is 11.1. The van der Waals surface area contributed by atoms with E-state index in [-0.39, 0.29) is 11.5 Å². The maximum atomic E-state index is 11.5. The number of methoxy groups -OCH3 is 3. The predicted molar refractivity (Wildman–Crippen MR) is 118 cm³/mol. The van der Waals surface area contributed by atoms with Crippen LogP contribution in [-0.4, -0.2) is 47.6 Å². The average molecular weight is 465 g/mol. The number of nitrogens with zero attached hydrogens (tertiary/aromatic N) is 4. The number of hydrogen-bond donors (Lipinski definition) is 0. The molecular weight excluding hydrogens is 444 g/mol. The van der Waals surface area contributed by atoms with Gasteiger partial charge in [0.15, 0.2) is 16.7 Å². The number of ether oxygens (including phenoxy) is 3. The van der Waals surface area contributed by atoms with Gasteiger partial charge in [-0.1, -0.05) is 23.4 Å². The molecule has 0 spiro atoms. The molecule has 11 heteroatoms. The third-order valence-electron chi connectivity index (χ3n) is 4.50. The smallest absolute Gasteiger partial charge is 0.220 e. The fraction of sp³-hybridized carbons (Fsp3) is 0.300. The number of nitro groups is 1. The lowest BCUT2D eigenvalue weighted by Crippen LogP contribution is -2.12. The molecule has 0 radical (unpaired) electrons. The van der Waals surface area contributed by atoms with Crippen LogP contribution in [-0.2, 0) is 0 Å². The van der Waals surface area contributed by atoms with Crippen LogP contribution in [0.4, 0.5) is 0 Å². The van der Waals surface area contributed by atoms with Crippen LogP contribution in [0.3, 0.4) is 0 Å². The van der Waals surface area contributed by atoms with E-state index in [1.807, 2.05) is 23.6 Å². The molecule has 0 amide bonds. The van der Waals surface area contributed by atoms with Gasteiger partial charge in [0.25, 0.3) is 0 Å². The Morgan fingerprint density at radius 3 is 2.23 bits per heavy atom. The van der Waals surface area contributed by atoms with Crippen LogP contribution in [0, 0.1) is 17.0 Å². The van der Waals surface area contributed by atoms with Crippen LogP contribution in [0.2, 0.25) is 5.02 Å². The molecule has 0 N–H and O–H groups in total. The zero-order valence-electron chi connectivity index (χ0n) is 17.4. The highest BCUT2D eigenvalue weighted by molar-refractivity contribution is 7.99. The fourth-order valence-corrected chi connectivity index (χ4v) is 4.35. The van der Waals surface area contributed by atoms with E-state index in [1.54, 1.807) is 24.3 Å². The maximum absolute atomic E-state index is 11.5. The molecule has 0 aliphatic rings. The summed E-state index contributed by atoms with van der Waals surface area (Å²) in [6.07, 6.45) is 0. The lowest BCUT2D eigenvalue weighted by atomic mass is 10.1. The van der Waals surface area contributed by atoms with Gasteiger partial charge in [-0.15, -0.1) is 10.2 Å². The van der Waals surface area contributed by atoms with E-state index in [1.165, 1.54) is 33.1 Å². The molecule has 0 unspecified atom stereocenters. The quantitative estimate of drug-likeness (QED) is 0.261. The second-order valence-corrected chi connectivity index (χ2v) is 8.03. The van der Waals surface area contributed by atoms with Crippen LogP contribution in [0.15, 0.2) is 41.6 Å². The van der Waals surface area contributed by atoms with E-state index < -0.39 is 5.25 Å². The van der Waals surface area contributed by atoms with Crippen molar-refractivity contribution in [1.29, 1.82) is 0 Å². The van der Waals surface area contributed by atoms with Crippen molar-refractivity contribution in [1.82, 2.24) is 14.8 Å². The number of benzene rings is 2. The van der Waals surface area contributed by atoms with E-state index in [4.69, 9.17) is 25.8 Å². The molecule has 0 saturated carbocycles. The highest BCUT2D eigenvalue weighted by Crippen LogP contribution is 2.44. The van der Waals surface area contributed by atoms with Crippen LogP contribution in [0.1, 0.15) is 16.6 Å². The highest BCUT2D eigenvalue weighted by Gasteiger charge is 2.26. The second kappa shape index (κ2) is 9.88. The Kier molecular flexibility index (Phi) is 7.24. The maximum Gasteiger partial charge on any atom is 0.220 e. The minimum Gasteiger partial charge on any atom is -0.493 e. The monoisotopic (exact) mass is 464 g/mol. The molecule has 164 valence electrons. The summed E-state index contributed by atoms with van der Waals surface area (Å²) in [5.74, 6) is 1.90. The van der Waals surface area contributed by atoms with Crippen molar-refractivity contribution in [3.05, 3.63) is 62.9 Å². The SMILES string of the molecule is COc1cc([C@@H](C[N+](=O)[O-])Sc2nnc(C)n2-c2ccc(Cl)cc2)cc(OC)c1OC. The van der Waals surface area contributed by atoms with Gasteiger partial charge in [-0.05, 0) is 48.9 Å². The summed E-state index contributed by atoms with van der Waals surface area (Å²) >= 11 is 7.23. The fourth-order valence-electron chi connectivity index (χ4n) is 3.07. The van der Waals surface area contributed by atoms with E-state index in [9.17, 15) is 10.1 Å². The van der Waals surface area contributed by atoms with Gasteiger partial charge in [-0.25, -0.2) is 0 Å². The molecule has 0 aliphatic carbocycles. The number of hydrogen-bond acceptors (Lipinski definition) is 8. The van der Waals surface area contributed by atoms with Crippen molar-refractivity contribution in [2.45, 2.75) is 17.3 Å². The van der Waals surface area contributed by atoms with Crippen LogP contribution >= 0.6 is 23.4 Å². The standard InChI is InChI=1S/C20H21ClN4O5S/c1-12-22-23-20(25(12)15-7-5-14(21)6-8-15)31-18(11-24(26)27)13-9-16(28-2)19(30-4)17(10-13)29-3/h5-10,18H,11H2,1-4H3/t18-/m1/s1. The first-order chi connectivity index (χ1) is 14.9. The van der Waals surface area contributed by atoms with Gasteiger partial charge in [0.05, 0.1) is 21.3 Å². The Labute approximate surface area is 188 Å². The van der Waals surface area contributed by atoms with Gasteiger partial charge in [0.1, 0.15) is 11.1 Å². The predicted octanol–water partition coefficient (Wildman–Crippen LogP) is 4.37. The van der Waals surface area contributed by atoms with Gasteiger partial charge in [-0.2, -0.15) is 0 Å². The molecular formula is C20H21ClN4O5S. The summed E-state index contributed by atoms with van der Waals surface area (Å²) in [5, 5.41) is 20.4. The van der Waals surface area contributed by atoms with E-state index in [0.717, 1.165) is 5.69 Å². The number of rotatable bonds is 9. The molecule has 0 aliphatic heterocycles. The molecule has 3 aromatic rings. The normalized spacial score (nSPS) is 11.8. The molecule has 2 aromatic carbocycles. The Balaban J connectivity index is 2.05. The zero-order chi connectivity index (χ0) is 22.5. The molecule has 1 heterocycles. The largest absolute Gasteiger partial charge is 0.493 e. The molecule has 0 saturated heterocycles. The van der Waals surface area contributed by atoms with Crippen LogP contribution < -0.4 is 14.2 Å². The summed E-state index contributed by atoms with van der Waals surface area (Å²) in [6.45, 7) is 1.48. The van der Waals surface area contributed by atoms with Crippen molar-refractivity contribution in [3.8, 4) is 22.9 Å².